The van der Waals surface area contributed by atoms with Crippen molar-refractivity contribution in [3.63, 3.8) is 0 Å². The fourth-order valence-corrected chi connectivity index (χ4v) is 1.59. The number of carboxylic acids is 1. The normalized spacial score (nSPS) is 10.0. The van der Waals surface area contributed by atoms with Crippen LogP contribution in [0.3, 0.4) is 0 Å². The molecule has 0 heterocycles. The molecule has 1 aromatic carbocycles. The van der Waals surface area contributed by atoms with Crippen molar-refractivity contribution >= 4 is 17.7 Å². The zero-order chi connectivity index (χ0) is 14.3. The van der Waals surface area contributed by atoms with E-state index < -0.39 is 12.0 Å². The van der Waals surface area contributed by atoms with E-state index in [9.17, 15) is 9.59 Å². The molecular weight excluding hydrogens is 248 g/mol. The number of aryl methyl sites for hydroxylation is 1. The minimum atomic E-state index is -1.07. The van der Waals surface area contributed by atoms with Gasteiger partial charge in [-0.25, -0.2) is 9.59 Å². The minimum absolute atomic E-state index is 0.0760. The number of aromatic carboxylic acids is 1. The summed E-state index contributed by atoms with van der Waals surface area (Å²) >= 11 is 0. The van der Waals surface area contributed by atoms with Gasteiger partial charge in [-0.1, -0.05) is 12.1 Å². The van der Waals surface area contributed by atoms with Crippen LogP contribution in [0.15, 0.2) is 18.2 Å². The average molecular weight is 266 g/mol. The molecule has 0 radical (unpaired) electrons. The summed E-state index contributed by atoms with van der Waals surface area (Å²) in [5.74, 6) is -1.07. The number of carbonyl (C=O) groups is 2. The van der Waals surface area contributed by atoms with Gasteiger partial charge in [0.25, 0.3) is 0 Å². The van der Waals surface area contributed by atoms with Gasteiger partial charge in [0.15, 0.2) is 0 Å². The van der Waals surface area contributed by atoms with Crippen molar-refractivity contribution in [2.24, 2.45) is 0 Å². The van der Waals surface area contributed by atoms with Crippen molar-refractivity contribution in [3.05, 3.63) is 29.3 Å². The van der Waals surface area contributed by atoms with Crippen LogP contribution in [0.1, 0.15) is 22.3 Å². The topological polar surface area (TPSA) is 87.7 Å². The molecule has 0 spiro atoms. The lowest BCUT2D eigenvalue weighted by atomic mass is 10.1. The fraction of sp³-hybridized carbons (Fsp3) is 0.385. The summed E-state index contributed by atoms with van der Waals surface area (Å²) in [6.45, 7) is 2.77. The van der Waals surface area contributed by atoms with E-state index in [1.165, 1.54) is 6.07 Å². The molecule has 104 valence electrons. The lowest BCUT2D eigenvalue weighted by Gasteiger charge is -2.12. The molecule has 3 N–H and O–H groups in total. The highest BCUT2D eigenvalue weighted by molar-refractivity contribution is 6.00. The highest BCUT2D eigenvalue weighted by Gasteiger charge is 2.13. The van der Waals surface area contributed by atoms with E-state index in [1.807, 2.05) is 0 Å². The number of carbonyl (C=O) groups excluding carboxylic acids is 1. The van der Waals surface area contributed by atoms with Gasteiger partial charge in [-0.2, -0.15) is 0 Å². The van der Waals surface area contributed by atoms with E-state index in [0.29, 0.717) is 30.8 Å². The Kier molecular flexibility index (Phi) is 5.81. The molecule has 0 aliphatic heterocycles. The van der Waals surface area contributed by atoms with Crippen molar-refractivity contribution < 1.29 is 19.4 Å². The minimum Gasteiger partial charge on any atom is -0.478 e. The molecule has 6 nitrogen and oxygen atoms in total. The smallest absolute Gasteiger partial charge is 0.337 e. The SMILES string of the molecule is COCCCNC(=O)Nc1c(C)cccc1C(=O)O. The number of benzene rings is 1. The number of anilines is 1. The third-order valence-electron chi connectivity index (χ3n) is 2.55. The Morgan fingerprint density at radius 2 is 2.11 bits per heavy atom. The molecule has 2 amide bonds. The Labute approximate surface area is 111 Å². The summed E-state index contributed by atoms with van der Waals surface area (Å²) in [7, 11) is 1.59. The monoisotopic (exact) mass is 266 g/mol. The molecule has 0 fully saturated rings. The third-order valence-corrected chi connectivity index (χ3v) is 2.55. The third kappa shape index (κ3) is 4.59. The molecule has 0 saturated heterocycles. The molecule has 1 rings (SSSR count). The second-order valence-electron chi connectivity index (χ2n) is 4.03. The van der Waals surface area contributed by atoms with Crippen LogP contribution in [0.2, 0.25) is 0 Å². The van der Waals surface area contributed by atoms with E-state index in [4.69, 9.17) is 9.84 Å². The average Bonchev–Trinajstić information content (AvgIpc) is 2.37. The first-order chi connectivity index (χ1) is 9.06. The highest BCUT2D eigenvalue weighted by Crippen LogP contribution is 2.20. The molecule has 0 atom stereocenters. The summed E-state index contributed by atoms with van der Waals surface area (Å²) < 4.78 is 4.86. The Morgan fingerprint density at radius 3 is 2.74 bits per heavy atom. The number of nitrogens with one attached hydrogen (secondary N) is 2. The van der Waals surface area contributed by atoms with Crippen molar-refractivity contribution in [3.8, 4) is 0 Å². The Balaban J connectivity index is 2.66. The van der Waals surface area contributed by atoms with Crippen LogP contribution < -0.4 is 10.6 Å². The maximum absolute atomic E-state index is 11.6. The first-order valence-electron chi connectivity index (χ1n) is 5.93. The van der Waals surface area contributed by atoms with Gasteiger partial charge in [-0.05, 0) is 25.0 Å². The number of amides is 2. The van der Waals surface area contributed by atoms with Crippen LogP contribution in [-0.4, -0.2) is 37.4 Å². The van der Waals surface area contributed by atoms with Crippen molar-refractivity contribution in [1.82, 2.24) is 5.32 Å². The number of hydrogen-bond donors (Lipinski definition) is 3. The van der Waals surface area contributed by atoms with Crippen LogP contribution in [-0.2, 0) is 4.74 Å². The summed E-state index contributed by atoms with van der Waals surface area (Å²) in [5, 5.41) is 14.3. The molecule has 19 heavy (non-hydrogen) atoms. The summed E-state index contributed by atoms with van der Waals surface area (Å²) in [5.41, 5.74) is 1.10. The van der Waals surface area contributed by atoms with Gasteiger partial charge >= 0.3 is 12.0 Å². The standard InChI is InChI=1S/C13H18N2O4/c1-9-5-3-6-10(12(16)17)11(9)15-13(18)14-7-4-8-19-2/h3,5-6H,4,7-8H2,1-2H3,(H,16,17)(H2,14,15,18). The number of para-hydroxylation sites is 1. The molecule has 0 saturated carbocycles. The first kappa shape index (κ1) is 15.0. The second kappa shape index (κ2) is 7.38. The van der Waals surface area contributed by atoms with Gasteiger partial charge in [-0.15, -0.1) is 0 Å². The molecule has 1 aromatic rings. The van der Waals surface area contributed by atoms with E-state index in [2.05, 4.69) is 10.6 Å². The Hall–Kier alpha value is -2.08. The van der Waals surface area contributed by atoms with Crippen molar-refractivity contribution in [2.75, 3.05) is 25.6 Å². The van der Waals surface area contributed by atoms with Crippen LogP contribution in [0.25, 0.3) is 0 Å². The van der Waals surface area contributed by atoms with Crippen LogP contribution in [0.5, 0.6) is 0 Å². The Morgan fingerprint density at radius 1 is 1.37 bits per heavy atom. The lowest BCUT2D eigenvalue weighted by molar-refractivity contribution is 0.0698. The number of ether oxygens (including phenoxy) is 1. The highest BCUT2D eigenvalue weighted by atomic mass is 16.5. The van der Waals surface area contributed by atoms with Gasteiger partial charge in [0.05, 0.1) is 11.3 Å². The van der Waals surface area contributed by atoms with Gasteiger partial charge in [0, 0.05) is 20.3 Å². The van der Waals surface area contributed by atoms with Gasteiger partial charge in [0.2, 0.25) is 0 Å². The van der Waals surface area contributed by atoms with E-state index in [0.717, 1.165) is 0 Å². The molecule has 0 unspecified atom stereocenters. The zero-order valence-corrected chi connectivity index (χ0v) is 11.0. The molecule has 0 aliphatic carbocycles. The van der Waals surface area contributed by atoms with Crippen LogP contribution in [0, 0.1) is 6.92 Å². The van der Waals surface area contributed by atoms with Gasteiger partial charge in [0.1, 0.15) is 0 Å². The second-order valence-corrected chi connectivity index (χ2v) is 4.03. The molecule has 6 heteroatoms. The molecule has 0 aliphatic rings. The maximum Gasteiger partial charge on any atom is 0.337 e. The summed E-state index contributed by atoms with van der Waals surface area (Å²) in [6, 6.07) is 4.41. The van der Waals surface area contributed by atoms with Crippen molar-refractivity contribution in [2.45, 2.75) is 13.3 Å². The first-order valence-corrected chi connectivity index (χ1v) is 5.93. The maximum atomic E-state index is 11.6. The number of methoxy groups -OCH3 is 1. The van der Waals surface area contributed by atoms with Gasteiger partial charge < -0.3 is 20.5 Å². The quantitative estimate of drug-likeness (QED) is 0.686. The number of hydrogen-bond acceptors (Lipinski definition) is 3. The predicted molar refractivity (Wildman–Crippen MR) is 71.7 cm³/mol. The number of carboxylic acid groups (broad SMARTS) is 1. The van der Waals surface area contributed by atoms with Crippen LogP contribution in [0.4, 0.5) is 10.5 Å². The fourth-order valence-electron chi connectivity index (χ4n) is 1.59. The van der Waals surface area contributed by atoms with Gasteiger partial charge in [-0.3, -0.25) is 0 Å². The molecule has 0 aromatic heterocycles. The van der Waals surface area contributed by atoms with E-state index in [-0.39, 0.29) is 5.56 Å². The van der Waals surface area contributed by atoms with Crippen molar-refractivity contribution in [1.29, 1.82) is 0 Å². The Bertz CT molecular complexity index is 460. The van der Waals surface area contributed by atoms with E-state index >= 15 is 0 Å². The zero-order valence-electron chi connectivity index (χ0n) is 11.0. The largest absolute Gasteiger partial charge is 0.478 e. The molecule has 0 bridgehead atoms. The number of urea groups is 1. The number of rotatable bonds is 6. The van der Waals surface area contributed by atoms with E-state index in [1.54, 1.807) is 26.2 Å². The predicted octanol–water partition coefficient (Wildman–Crippen LogP) is 1.85. The van der Waals surface area contributed by atoms with Crippen LogP contribution >= 0.6 is 0 Å². The lowest BCUT2D eigenvalue weighted by Crippen LogP contribution is -2.31. The summed E-state index contributed by atoms with van der Waals surface area (Å²) in [6.07, 6.45) is 0.698. The molecular formula is C13H18N2O4. The summed E-state index contributed by atoms with van der Waals surface area (Å²) in [4.78, 5) is 22.7.